The molecule has 0 aromatic heterocycles. The van der Waals surface area contributed by atoms with Gasteiger partial charge in [-0.2, -0.15) is 5.26 Å². The SMILES string of the molecule is C[C@@H](OC(=O)c1cccc(N2CCCC2=O)c1)C(=O)Nc1ccc(C#N)cc1. The molecule has 1 N–H and O–H groups in total. The van der Waals surface area contributed by atoms with Crippen LogP contribution in [0.5, 0.6) is 0 Å². The first-order chi connectivity index (χ1) is 13.5. The molecule has 0 radical (unpaired) electrons. The van der Waals surface area contributed by atoms with Gasteiger partial charge in [0.1, 0.15) is 0 Å². The van der Waals surface area contributed by atoms with Crippen LogP contribution in [-0.4, -0.2) is 30.4 Å². The number of carbonyl (C=O) groups excluding carboxylic acids is 3. The maximum Gasteiger partial charge on any atom is 0.338 e. The lowest BCUT2D eigenvalue weighted by Crippen LogP contribution is -2.30. The van der Waals surface area contributed by atoms with Gasteiger partial charge in [-0.05, 0) is 55.8 Å². The van der Waals surface area contributed by atoms with Crippen molar-refractivity contribution in [2.24, 2.45) is 0 Å². The lowest BCUT2D eigenvalue weighted by atomic mass is 10.2. The van der Waals surface area contributed by atoms with Crippen LogP contribution in [0.15, 0.2) is 48.5 Å². The monoisotopic (exact) mass is 377 g/mol. The van der Waals surface area contributed by atoms with Crippen LogP contribution < -0.4 is 10.2 Å². The van der Waals surface area contributed by atoms with Crippen LogP contribution in [0.4, 0.5) is 11.4 Å². The summed E-state index contributed by atoms with van der Waals surface area (Å²) in [6.07, 6.45) is 0.279. The van der Waals surface area contributed by atoms with Crippen molar-refractivity contribution < 1.29 is 19.1 Å². The molecule has 3 rings (SSSR count). The molecule has 7 nitrogen and oxygen atoms in total. The minimum atomic E-state index is -1.01. The third-order valence-electron chi connectivity index (χ3n) is 4.40. The van der Waals surface area contributed by atoms with Crippen molar-refractivity contribution in [2.75, 3.05) is 16.8 Å². The molecule has 1 heterocycles. The number of nitrogens with zero attached hydrogens (tertiary/aromatic N) is 2. The third-order valence-corrected chi connectivity index (χ3v) is 4.40. The second-order valence-electron chi connectivity index (χ2n) is 6.43. The molecule has 1 saturated heterocycles. The Morgan fingerprint density at radius 3 is 2.61 bits per heavy atom. The number of amides is 2. The van der Waals surface area contributed by atoms with Gasteiger partial charge in [-0.15, -0.1) is 0 Å². The van der Waals surface area contributed by atoms with E-state index in [-0.39, 0.29) is 11.5 Å². The van der Waals surface area contributed by atoms with E-state index in [4.69, 9.17) is 10.00 Å². The fourth-order valence-corrected chi connectivity index (χ4v) is 2.88. The zero-order valence-corrected chi connectivity index (χ0v) is 15.3. The average molecular weight is 377 g/mol. The molecule has 2 aromatic rings. The lowest BCUT2D eigenvalue weighted by molar-refractivity contribution is -0.123. The number of hydrogen-bond acceptors (Lipinski definition) is 5. The number of rotatable bonds is 5. The summed E-state index contributed by atoms with van der Waals surface area (Å²) < 4.78 is 5.25. The summed E-state index contributed by atoms with van der Waals surface area (Å²) in [6.45, 7) is 2.10. The fraction of sp³-hybridized carbons (Fsp3) is 0.238. The summed E-state index contributed by atoms with van der Waals surface area (Å²) in [6, 6.07) is 15.0. The number of anilines is 2. The molecular weight excluding hydrogens is 358 g/mol. The fourth-order valence-electron chi connectivity index (χ4n) is 2.88. The standard InChI is InChI=1S/C21H19N3O4/c1-14(20(26)23-17-9-7-15(13-22)8-10-17)28-21(27)16-4-2-5-18(12-16)24-11-3-6-19(24)25/h2,4-5,7-10,12,14H,3,6,11H2,1H3,(H,23,26)/t14-/m1/s1. The normalized spacial score (nSPS) is 14.3. The van der Waals surface area contributed by atoms with Crippen LogP contribution in [0.2, 0.25) is 0 Å². The van der Waals surface area contributed by atoms with Crippen molar-refractivity contribution >= 4 is 29.2 Å². The van der Waals surface area contributed by atoms with E-state index >= 15 is 0 Å². The summed E-state index contributed by atoms with van der Waals surface area (Å²) in [7, 11) is 0. The van der Waals surface area contributed by atoms with Crippen LogP contribution in [-0.2, 0) is 14.3 Å². The van der Waals surface area contributed by atoms with E-state index in [9.17, 15) is 14.4 Å². The Morgan fingerprint density at radius 1 is 1.21 bits per heavy atom. The molecule has 1 aliphatic rings. The van der Waals surface area contributed by atoms with Gasteiger partial charge in [0, 0.05) is 24.3 Å². The molecule has 0 bridgehead atoms. The predicted molar refractivity (Wildman–Crippen MR) is 103 cm³/mol. The van der Waals surface area contributed by atoms with Crippen molar-refractivity contribution in [3.63, 3.8) is 0 Å². The van der Waals surface area contributed by atoms with E-state index < -0.39 is 18.0 Å². The summed E-state index contributed by atoms with van der Waals surface area (Å²) in [4.78, 5) is 38.2. The Bertz CT molecular complexity index is 947. The summed E-state index contributed by atoms with van der Waals surface area (Å²) >= 11 is 0. The van der Waals surface area contributed by atoms with Crippen molar-refractivity contribution in [1.29, 1.82) is 5.26 Å². The molecule has 0 saturated carbocycles. The maximum absolute atomic E-state index is 12.4. The third kappa shape index (κ3) is 4.35. The van der Waals surface area contributed by atoms with Gasteiger partial charge in [-0.3, -0.25) is 9.59 Å². The molecule has 7 heteroatoms. The Morgan fingerprint density at radius 2 is 1.96 bits per heavy atom. The maximum atomic E-state index is 12.4. The second-order valence-corrected chi connectivity index (χ2v) is 6.43. The van der Waals surface area contributed by atoms with Gasteiger partial charge in [0.15, 0.2) is 6.10 Å². The van der Waals surface area contributed by atoms with Gasteiger partial charge in [0.05, 0.1) is 17.2 Å². The quantitative estimate of drug-likeness (QED) is 0.808. The first-order valence-electron chi connectivity index (χ1n) is 8.90. The highest BCUT2D eigenvalue weighted by molar-refractivity contribution is 5.99. The topological polar surface area (TPSA) is 99.5 Å². The summed E-state index contributed by atoms with van der Waals surface area (Å²) in [5, 5.41) is 11.4. The number of benzene rings is 2. The molecule has 1 atom stereocenters. The Labute approximate surface area is 162 Å². The zero-order valence-electron chi connectivity index (χ0n) is 15.3. The van der Waals surface area contributed by atoms with Crippen LogP contribution in [0.3, 0.4) is 0 Å². The number of nitrogens with one attached hydrogen (secondary N) is 1. The van der Waals surface area contributed by atoms with E-state index in [1.165, 1.54) is 6.92 Å². The van der Waals surface area contributed by atoms with Crippen LogP contribution in [0.1, 0.15) is 35.7 Å². The first-order valence-corrected chi connectivity index (χ1v) is 8.90. The van der Waals surface area contributed by atoms with Crippen molar-refractivity contribution in [2.45, 2.75) is 25.9 Å². The van der Waals surface area contributed by atoms with Crippen molar-refractivity contribution in [3.05, 3.63) is 59.7 Å². The lowest BCUT2D eigenvalue weighted by Gasteiger charge is -2.17. The molecule has 0 spiro atoms. The molecular formula is C21H19N3O4. The summed E-state index contributed by atoms with van der Waals surface area (Å²) in [5.41, 5.74) is 1.90. The molecule has 2 aromatic carbocycles. The van der Waals surface area contributed by atoms with E-state index in [2.05, 4.69) is 5.32 Å². The number of nitriles is 1. The van der Waals surface area contributed by atoms with Gasteiger partial charge in [0.2, 0.25) is 5.91 Å². The van der Waals surface area contributed by atoms with Crippen molar-refractivity contribution in [1.82, 2.24) is 0 Å². The van der Waals surface area contributed by atoms with Gasteiger partial charge in [0.25, 0.3) is 5.91 Å². The smallest absolute Gasteiger partial charge is 0.338 e. The first kappa shape index (κ1) is 19.1. The molecule has 1 fully saturated rings. The largest absolute Gasteiger partial charge is 0.449 e. The van der Waals surface area contributed by atoms with E-state index in [1.807, 2.05) is 6.07 Å². The zero-order chi connectivity index (χ0) is 20.1. The van der Waals surface area contributed by atoms with Gasteiger partial charge in [-0.1, -0.05) is 6.07 Å². The highest BCUT2D eigenvalue weighted by Crippen LogP contribution is 2.22. The van der Waals surface area contributed by atoms with Crippen LogP contribution in [0, 0.1) is 11.3 Å². The molecule has 1 aliphatic heterocycles. The Hall–Kier alpha value is -3.66. The Balaban J connectivity index is 1.62. The molecule has 0 unspecified atom stereocenters. The van der Waals surface area contributed by atoms with Crippen LogP contribution in [0.25, 0.3) is 0 Å². The van der Waals surface area contributed by atoms with Gasteiger partial charge in [-0.25, -0.2) is 4.79 Å². The second kappa shape index (κ2) is 8.35. The minimum absolute atomic E-state index is 0.0284. The van der Waals surface area contributed by atoms with E-state index in [0.717, 1.165) is 6.42 Å². The predicted octanol–water partition coefficient (Wildman–Crippen LogP) is 2.87. The number of ether oxygens (including phenoxy) is 1. The number of carbonyl (C=O) groups is 3. The molecule has 142 valence electrons. The van der Waals surface area contributed by atoms with Gasteiger partial charge >= 0.3 is 5.97 Å². The summed E-state index contributed by atoms with van der Waals surface area (Å²) in [5.74, 6) is -1.10. The molecule has 0 aliphatic carbocycles. The van der Waals surface area contributed by atoms with Crippen LogP contribution >= 0.6 is 0 Å². The Kier molecular flexibility index (Phi) is 5.70. The number of esters is 1. The van der Waals surface area contributed by atoms with E-state index in [1.54, 1.807) is 53.4 Å². The molecule has 2 amide bonds. The van der Waals surface area contributed by atoms with Crippen molar-refractivity contribution in [3.8, 4) is 6.07 Å². The van der Waals surface area contributed by atoms with Gasteiger partial charge < -0.3 is 15.0 Å². The number of hydrogen-bond donors (Lipinski definition) is 1. The average Bonchev–Trinajstić information content (AvgIpc) is 3.14. The molecule has 28 heavy (non-hydrogen) atoms. The van der Waals surface area contributed by atoms with E-state index in [0.29, 0.717) is 29.9 Å². The highest BCUT2D eigenvalue weighted by atomic mass is 16.5. The minimum Gasteiger partial charge on any atom is -0.449 e. The highest BCUT2D eigenvalue weighted by Gasteiger charge is 2.23.